The van der Waals surface area contributed by atoms with Crippen LogP contribution in [0.4, 0.5) is 0 Å². The third-order valence-electron chi connectivity index (χ3n) is 4.00. The van der Waals surface area contributed by atoms with Crippen LogP contribution in [0.25, 0.3) is 0 Å². The Kier molecular flexibility index (Phi) is 2.88. The van der Waals surface area contributed by atoms with Crippen molar-refractivity contribution in [2.45, 2.75) is 30.9 Å². The summed E-state index contributed by atoms with van der Waals surface area (Å²) in [7, 11) is 0. The van der Waals surface area contributed by atoms with Crippen LogP contribution in [-0.2, 0) is 9.53 Å². The van der Waals surface area contributed by atoms with Crippen LogP contribution in [0, 0.1) is 5.41 Å². The number of rotatable bonds is 1. The number of hydrogen-bond donors (Lipinski definition) is 0. The molecule has 0 radical (unpaired) electrons. The second-order valence-electron chi connectivity index (χ2n) is 5.35. The van der Waals surface area contributed by atoms with Gasteiger partial charge in [0.05, 0.1) is 11.9 Å². The van der Waals surface area contributed by atoms with Crippen molar-refractivity contribution in [1.29, 1.82) is 0 Å². The highest BCUT2D eigenvalue weighted by Gasteiger charge is 2.48. The maximum Gasteiger partial charge on any atom is 0.235 e. The van der Waals surface area contributed by atoms with Gasteiger partial charge in [-0.3, -0.25) is 4.79 Å². The summed E-state index contributed by atoms with van der Waals surface area (Å²) in [4.78, 5) is 14.2. The molecule has 1 amide bonds. The van der Waals surface area contributed by atoms with Crippen molar-refractivity contribution < 1.29 is 9.53 Å². The molecular weight excluding hydrogens is 222 g/mol. The molecule has 90 valence electrons. The maximum atomic E-state index is 12.2. The van der Waals surface area contributed by atoms with E-state index in [0.717, 1.165) is 39.1 Å². The van der Waals surface area contributed by atoms with Crippen LogP contribution in [0.3, 0.4) is 0 Å². The molecule has 16 heavy (non-hydrogen) atoms. The molecule has 3 saturated heterocycles. The monoisotopic (exact) mass is 241 g/mol. The van der Waals surface area contributed by atoms with Gasteiger partial charge in [-0.15, -0.1) is 11.8 Å². The first-order valence-corrected chi connectivity index (χ1v) is 7.32. The lowest BCUT2D eigenvalue weighted by Crippen LogP contribution is -2.60. The smallest absolute Gasteiger partial charge is 0.235 e. The Morgan fingerprint density at radius 1 is 1.38 bits per heavy atom. The average molecular weight is 241 g/mol. The maximum absolute atomic E-state index is 12.2. The lowest BCUT2D eigenvalue weighted by molar-refractivity contribution is -0.142. The summed E-state index contributed by atoms with van der Waals surface area (Å²) in [6.45, 7) is 3.65. The summed E-state index contributed by atoms with van der Waals surface area (Å²) < 4.78 is 5.43. The minimum Gasteiger partial charge on any atom is -0.381 e. The van der Waals surface area contributed by atoms with Gasteiger partial charge in [-0.25, -0.2) is 0 Å². The molecule has 0 aromatic rings. The molecule has 1 atom stereocenters. The van der Waals surface area contributed by atoms with Gasteiger partial charge in [-0.2, -0.15) is 0 Å². The SMILES string of the molecule is O=C(C1CCCCS1)N1CC2(CCOC2)C1. The van der Waals surface area contributed by atoms with Crippen LogP contribution >= 0.6 is 11.8 Å². The largest absolute Gasteiger partial charge is 0.381 e. The molecule has 3 heterocycles. The van der Waals surface area contributed by atoms with E-state index in [4.69, 9.17) is 4.74 Å². The highest BCUT2D eigenvalue weighted by Crippen LogP contribution is 2.40. The predicted octanol–water partition coefficient (Wildman–Crippen LogP) is 1.52. The summed E-state index contributed by atoms with van der Waals surface area (Å²) >= 11 is 1.86. The molecule has 0 aromatic heterocycles. The zero-order valence-corrected chi connectivity index (χ0v) is 10.4. The number of carbonyl (C=O) groups excluding carboxylic acids is 1. The van der Waals surface area contributed by atoms with E-state index in [1.807, 2.05) is 11.8 Å². The van der Waals surface area contributed by atoms with Crippen molar-refractivity contribution in [3.8, 4) is 0 Å². The van der Waals surface area contributed by atoms with Gasteiger partial charge in [0.2, 0.25) is 5.91 Å². The Bertz CT molecular complexity index is 275. The Hall–Kier alpha value is -0.220. The first-order valence-electron chi connectivity index (χ1n) is 6.27. The fourth-order valence-corrected chi connectivity index (χ4v) is 4.24. The summed E-state index contributed by atoms with van der Waals surface area (Å²) in [5.74, 6) is 1.56. The zero-order valence-electron chi connectivity index (χ0n) is 9.61. The van der Waals surface area contributed by atoms with Crippen molar-refractivity contribution in [2.75, 3.05) is 32.1 Å². The Balaban J connectivity index is 1.53. The minimum absolute atomic E-state index is 0.258. The van der Waals surface area contributed by atoms with E-state index in [-0.39, 0.29) is 5.25 Å². The third-order valence-corrected chi connectivity index (χ3v) is 5.37. The topological polar surface area (TPSA) is 29.5 Å². The van der Waals surface area contributed by atoms with Gasteiger partial charge in [0, 0.05) is 25.1 Å². The quantitative estimate of drug-likeness (QED) is 0.697. The predicted molar refractivity (Wildman–Crippen MR) is 64.5 cm³/mol. The van der Waals surface area contributed by atoms with E-state index in [1.54, 1.807) is 0 Å². The molecule has 0 aromatic carbocycles. The molecule has 0 saturated carbocycles. The fraction of sp³-hybridized carbons (Fsp3) is 0.917. The van der Waals surface area contributed by atoms with E-state index in [1.165, 1.54) is 18.6 Å². The molecule has 0 bridgehead atoms. The second kappa shape index (κ2) is 4.22. The summed E-state index contributed by atoms with van der Waals surface area (Å²) in [6, 6.07) is 0. The van der Waals surface area contributed by atoms with Crippen molar-refractivity contribution in [3.63, 3.8) is 0 Å². The Morgan fingerprint density at radius 2 is 2.25 bits per heavy atom. The molecule has 3 nitrogen and oxygen atoms in total. The number of thioether (sulfide) groups is 1. The fourth-order valence-electron chi connectivity index (χ4n) is 2.96. The first-order chi connectivity index (χ1) is 7.79. The molecule has 3 aliphatic heterocycles. The van der Waals surface area contributed by atoms with E-state index in [2.05, 4.69) is 4.90 Å². The average Bonchev–Trinajstić information content (AvgIpc) is 2.76. The first kappa shape index (κ1) is 10.9. The summed E-state index contributed by atoms with van der Waals surface area (Å²) in [5.41, 5.74) is 0.342. The number of carbonyl (C=O) groups is 1. The normalized spacial score (nSPS) is 32.8. The van der Waals surface area contributed by atoms with E-state index in [9.17, 15) is 4.79 Å². The molecule has 4 heteroatoms. The van der Waals surface area contributed by atoms with Crippen LogP contribution in [0.1, 0.15) is 25.7 Å². The van der Waals surface area contributed by atoms with Crippen LogP contribution in [0.5, 0.6) is 0 Å². The molecule has 3 rings (SSSR count). The van der Waals surface area contributed by atoms with Crippen molar-refractivity contribution in [1.82, 2.24) is 4.90 Å². The molecule has 1 unspecified atom stereocenters. The van der Waals surface area contributed by atoms with Crippen LogP contribution < -0.4 is 0 Å². The van der Waals surface area contributed by atoms with E-state index >= 15 is 0 Å². The third kappa shape index (κ3) is 1.86. The Morgan fingerprint density at radius 3 is 2.88 bits per heavy atom. The molecule has 1 spiro atoms. The number of likely N-dealkylation sites (tertiary alicyclic amines) is 1. The van der Waals surface area contributed by atoms with Crippen LogP contribution in [0.15, 0.2) is 0 Å². The van der Waals surface area contributed by atoms with Gasteiger partial charge < -0.3 is 9.64 Å². The number of amides is 1. The summed E-state index contributed by atoms with van der Waals surface area (Å²) in [6.07, 6.45) is 4.75. The molecule has 0 aliphatic carbocycles. The molecular formula is C12H19NO2S. The number of nitrogens with zero attached hydrogens (tertiary/aromatic N) is 1. The summed E-state index contributed by atoms with van der Waals surface area (Å²) in [5, 5.41) is 0.258. The van der Waals surface area contributed by atoms with E-state index < -0.39 is 0 Å². The van der Waals surface area contributed by atoms with Gasteiger partial charge >= 0.3 is 0 Å². The lowest BCUT2D eigenvalue weighted by atomic mass is 9.79. The minimum atomic E-state index is 0.258. The Labute approximate surface area is 101 Å². The second-order valence-corrected chi connectivity index (χ2v) is 6.66. The van der Waals surface area contributed by atoms with Crippen LogP contribution in [0.2, 0.25) is 0 Å². The van der Waals surface area contributed by atoms with E-state index in [0.29, 0.717) is 11.3 Å². The highest BCUT2D eigenvalue weighted by molar-refractivity contribution is 8.00. The highest BCUT2D eigenvalue weighted by atomic mass is 32.2. The van der Waals surface area contributed by atoms with Crippen LogP contribution in [-0.4, -0.2) is 48.1 Å². The standard InChI is InChI=1S/C12H19NO2S/c14-11(10-3-1-2-6-16-10)13-7-12(8-13)4-5-15-9-12/h10H,1-9H2. The van der Waals surface area contributed by atoms with Crippen molar-refractivity contribution in [3.05, 3.63) is 0 Å². The van der Waals surface area contributed by atoms with Crippen molar-refractivity contribution in [2.24, 2.45) is 5.41 Å². The van der Waals surface area contributed by atoms with Gasteiger partial charge in [-0.1, -0.05) is 6.42 Å². The van der Waals surface area contributed by atoms with Gasteiger partial charge in [-0.05, 0) is 25.0 Å². The van der Waals surface area contributed by atoms with Gasteiger partial charge in [0.25, 0.3) is 0 Å². The number of ether oxygens (including phenoxy) is 1. The molecule has 3 fully saturated rings. The lowest BCUT2D eigenvalue weighted by Gasteiger charge is -2.48. The zero-order chi connectivity index (χ0) is 11.0. The van der Waals surface area contributed by atoms with Gasteiger partial charge in [0.1, 0.15) is 0 Å². The van der Waals surface area contributed by atoms with Crippen molar-refractivity contribution >= 4 is 17.7 Å². The molecule has 0 N–H and O–H groups in total. The van der Waals surface area contributed by atoms with Gasteiger partial charge in [0.15, 0.2) is 0 Å². The molecule has 3 aliphatic rings. The number of hydrogen-bond acceptors (Lipinski definition) is 3.